The molecule has 1 aromatic carbocycles. The number of benzene rings is 1. The molecule has 0 radical (unpaired) electrons. The minimum absolute atomic E-state index is 0.0420. The van der Waals surface area contributed by atoms with E-state index in [1.807, 2.05) is 22.9 Å². The van der Waals surface area contributed by atoms with Crippen LogP contribution in [-0.4, -0.2) is 71.3 Å². The molecule has 1 aliphatic carbocycles. The number of hydrogen-bond acceptors (Lipinski definition) is 6. The van der Waals surface area contributed by atoms with Gasteiger partial charge in [0.25, 0.3) is 5.56 Å². The fourth-order valence-electron chi connectivity index (χ4n) is 4.89. The van der Waals surface area contributed by atoms with Crippen LogP contribution in [0.5, 0.6) is 0 Å². The van der Waals surface area contributed by atoms with Crippen molar-refractivity contribution < 1.29 is 13.2 Å². The molecule has 0 spiro atoms. The summed E-state index contributed by atoms with van der Waals surface area (Å²) in [5, 5.41) is 0.538. The predicted octanol–water partition coefficient (Wildman–Crippen LogP) is 1.70. The third-order valence-electron chi connectivity index (χ3n) is 6.34. The first-order valence-electron chi connectivity index (χ1n) is 11.0. The average molecular weight is 447 g/mol. The molecule has 1 saturated carbocycles. The molecule has 9 heteroatoms. The van der Waals surface area contributed by atoms with E-state index >= 15 is 0 Å². The van der Waals surface area contributed by atoms with Gasteiger partial charge in [-0.2, -0.15) is 0 Å². The second kappa shape index (κ2) is 9.08. The fraction of sp³-hybridized carbons (Fsp3) is 0.591. The van der Waals surface area contributed by atoms with Gasteiger partial charge in [-0.25, -0.2) is 13.4 Å². The Hall–Kier alpha value is -2.26. The minimum Gasteiger partial charge on any atom is -0.335 e. The molecule has 1 amide bonds. The van der Waals surface area contributed by atoms with E-state index in [1.54, 1.807) is 18.2 Å². The van der Waals surface area contributed by atoms with Gasteiger partial charge in [0.2, 0.25) is 5.91 Å². The van der Waals surface area contributed by atoms with Gasteiger partial charge in [0, 0.05) is 12.1 Å². The highest BCUT2D eigenvalue weighted by molar-refractivity contribution is 7.91. The SMILES string of the molecule is CN(CC(=O)N(C1CCCCC1)[C@H]1CCS(=O)(=O)C1)Cc1nc2ccccc2c(=O)[nH]1. The van der Waals surface area contributed by atoms with E-state index in [1.165, 1.54) is 6.42 Å². The number of aromatic nitrogens is 2. The molecule has 0 bridgehead atoms. The number of rotatable bonds is 6. The van der Waals surface area contributed by atoms with Crippen molar-refractivity contribution in [3.63, 3.8) is 0 Å². The third kappa shape index (κ3) is 5.15. The summed E-state index contributed by atoms with van der Waals surface area (Å²) >= 11 is 0. The topological polar surface area (TPSA) is 103 Å². The zero-order chi connectivity index (χ0) is 22.0. The summed E-state index contributed by atoms with van der Waals surface area (Å²) in [7, 11) is -1.26. The normalized spacial score (nSPS) is 21.5. The monoisotopic (exact) mass is 446 g/mol. The van der Waals surface area contributed by atoms with Gasteiger partial charge in [-0.15, -0.1) is 0 Å². The Labute approximate surface area is 182 Å². The van der Waals surface area contributed by atoms with Gasteiger partial charge in [-0.05, 0) is 38.4 Å². The quantitative estimate of drug-likeness (QED) is 0.724. The van der Waals surface area contributed by atoms with Gasteiger partial charge in [0.1, 0.15) is 5.82 Å². The van der Waals surface area contributed by atoms with Crippen LogP contribution in [0, 0.1) is 0 Å². The lowest BCUT2D eigenvalue weighted by molar-refractivity contribution is -0.137. The second-order valence-electron chi connectivity index (χ2n) is 8.85. The zero-order valence-corrected chi connectivity index (χ0v) is 18.7. The van der Waals surface area contributed by atoms with E-state index in [4.69, 9.17) is 0 Å². The first-order valence-corrected chi connectivity index (χ1v) is 12.8. The molecule has 1 aromatic heterocycles. The first-order chi connectivity index (χ1) is 14.8. The Morgan fingerprint density at radius 2 is 1.87 bits per heavy atom. The second-order valence-corrected chi connectivity index (χ2v) is 11.1. The maximum absolute atomic E-state index is 13.3. The molecule has 2 fully saturated rings. The summed E-state index contributed by atoms with van der Waals surface area (Å²) in [6.45, 7) is 0.483. The number of sulfone groups is 1. The van der Waals surface area contributed by atoms with Crippen LogP contribution < -0.4 is 5.56 Å². The molecule has 31 heavy (non-hydrogen) atoms. The van der Waals surface area contributed by atoms with Gasteiger partial charge >= 0.3 is 0 Å². The molecule has 4 rings (SSSR count). The van der Waals surface area contributed by atoms with E-state index in [0.29, 0.717) is 29.7 Å². The maximum Gasteiger partial charge on any atom is 0.258 e. The van der Waals surface area contributed by atoms with Crippen molar-refractivity contribution in [3.05, 3.63) is 40.4 Å². The molecule has 2 heterocycles. The van der Waals surface area contributed by atoms with Crippen molar-refractivity contribution in [2.24, 2.45) is 0 Å². The van der Waals surface area contributed by atoms with Crippen molar-refractivity contribution in [2.75, 3.05) is 25.1 Å². The number of amides is 1. The molecular weight excluding hydrogens is 416 g/mol. The van der Waals surface area contributed by atoms with Crippen LogP contribution in [0.2, 0.25) is 0 Å². The van der Waals surface area contributed by atoms with E-state index in [-0.39, 0.29) is 41.6 Å². The van der Waals surface area contributed by atoms with E-state index < -0.39 is 9.84 Å². The zero-order valence-electron chi connectivity index (χ0n) is 17.9. The van der Waals surface area contributed by atoms with Crippen molar-refractivity contribution in [3.8, 4) is 0 Å². The average Bonchev–Trinajstić information content (AvgIpc) is 3.08. The lowest BCUT2D eigenvalue weighted by atomic mass is 9.93. The number of likely N-dealkylation sites (N-methyl/N-ethyl adjacent to an activating group) is 1. The molecule has 2 aromatic rings. The summed E-state index contributed by atoms with van der Waals surface area (Å²) < 4.78 is 24.1. The maximum atomic E-state index is 13.3. The lowest BCUT2D eigenvalue weighted by Crippen LogP contribution is -2.51. The Bertz CT molecular complexity index is 1110. The van der Waals surface area contributed by atoms with Gasteiger partial charge < -0.3 is 9.88 Å². The number of carbonyl (C=O) groups excluding carboxylic acids is 1. The summed E-state index contributed by atoms with van der Waals surface area (Å²) in [6, 6.07) is 7.05. The highest BCUT2D eigenvalue weighted by Crippen LogP contribution is 2.28. The molecule has 1 N–H and O–H groups in total. The molecule has 8 nitrogen and oxygen atoms in total. The standard InChI is InChI=1S/C22H30N4O4S/c1-25(13-20-23-19-10-6-5-9-18(19)22(28)24-20)14-21(27)26(16-7-3-2-4-8-16)17-11-12-31(29,30)15-17/h5-6,9-10,16-17H,2-4,7-8,11-15H2,1H3,(H,23,24,28)/t17-/m0/s1. The Morgan fingerprint density at radius 3 is 2.58 bits per heavy atom. The number of para-hydroxylation sites is 1. The van der Waals surface area contributed by atoms with Gasteiger partial charge in [0.15, 0.2) is 9.84 Å². The molecule has 2 aliphatic rings. The van der Waals surface area contributed by atoms with Crippen molar-refractivity contribution in [1.82, 2.24) is 19.8 Å². The lowest BCUT2D eigenvalue weighted by Gasteiger charge is -2.39. The molecule has 1 atom stereocenters. The van der Waals surface area contributed by atoms with Crippen LogP contribution in [0.25, 0.3) is 10.9 Å². The van der Waals surface area contributed by atoms with Crippen molar-refractivity contribution >= 4 is 26.6 Å². The first kappa shape index (κ1) is 22.0. The Kier molecular flexibility index (Phi) is 6.43. The van der Waals surface area contributed by atoms with Crippen LogP contribution in [0.1, 0.15) is 44.3 Å². The number of aromatic amines is 1. The molecular formula is C22H30N4O4S. The molecule has 1 aliphatic heterocycles. The van der Waals surface area contributed by atoms with E-state index in [0.717, 1.165) is 25.7 Å². The smallest absolute Gasteiger partial charge is 0.258 e. The summed E-state index contributed by atoms with van der Waals surface area (Å²) in [5.41, 5.74) is 0.432. The predicted molar refractivity (Wildman–Crippen MR) is 119 cm³/mol. The molecule has 1 saturated heterocycles. The number of nitrogens with zero attached hydrogens (tertiary/aromatic N) is 3. The highest BCUT2D eigenvalue weighted by Gasteiger charge is 2.38. The van der Waals surface area contributed by atoms with E-state index in [2.05, 4.69) is 9.97 Å². The van der Waals surface area contributed by atoms with Gasteiger partial charge in [0.05, 0.1) is 35.5 Å². The minimum atomic E-state index is -3.07. The summed E-state index contributed by atoms with van der Waals surface area (Å²) in [5.74, 6) is 0.691. The number of H-pyrrole nitrogens is 1. The third-order valence-corrected chi connectivity index (χ3v) is 8.09. The van der Waals surface area contributed by atoms with E-state index in [9.17, 15) is 18.0 Å². The molecule has 0 unspecified atom stereocenters. The fourth-order valence-corrected chi connectivity index (χ4v) is 6.60. The van der Waals surface area contributed by atoms with Crippen LogP contribution in [0.4, 0.5) is 0 Å². The highest BCUT2D eigenvalue weighted by atomic mass is 32.2. The molecule has 168 valence electrons. The van der Waals surface area contributed by atoms with Crippen molar-refractivity contribution in [1.29, 1.82) is 0 Å². The summed E-state index contributed by atoms with van der Waals surface area (Å²) in [4.78, 5) is 36.6. The Morgan fingerprint density at radius 1 is 1.13 bits per heavy atom. The van der Waals surface area contributed by atoms with Crippen molar-refractivity contribution in [2.45, 2.75) is 57.2 Å². The van der Waals surface area contributed by atoms with Crippen LogP contribution in [0.15, 0.2) is 29.1 Å². The Balaban J connectivity index is 1.48. The van der Waals surface area contributed by atoms with Gasteiger partial charge in [-0.3, -0.25) is 14.5 Å². The van der Waals surface area contributed by atoms with Gasteiger partial charge in [-0.1, -0.05) is 31.4 Å². The summed E-state index contributed by atoms with van der Waals surface area (Å²) in [6.07, 6.45) is 5.71. The van der Waals surface area contributed by atoms with Crippen LogP contribution >= 0.6 is 0 Å². The number of carbonyl (C=O) groups is 1. The van der Waals surface area contributed by atoms with Crippen LogP contribution in [-0.2, 0) is 21.2 Å². The largest absolute Gasteiger partial charge is 0.335 e. The van der Waals surface area contributed by atoms with Crippen LogP contribution in [0.3, 0.4) is 0 Å². The number of hydrogen-bond donors (Lipinski definition) is 1. The number of fused-ring (bicyclic) bond motifs is 1. The number of nitrogens with one attached hydrogen (secondary N) is 1.